The number of hydrogen-bond donors (Lipinski definition) is 6. The Labute approximate surface area is 422 Å². The average Bonchev–Trinajstić information content (AvgIpc) is 3.93. The number of fused-ring (bicyclic) bond motifs is 2. The number of benzene rings is 2. The molecular weight excluding hydrogens is 994 g/mol. The maximum Gasteiger partial charge on any atom is 0.419 e. The van der Waals surface area contributed by atoms with Gasteiger partial charge in [0, 0.05) is 101 Å². The predicted octanol–water partition coefficient (Wildman–Crippen LogP) is 10.7. The molecule has 0 radical (unpaired) electrons. The molecule has 74 heavy (non-hydrogen) atoms. The zero-order valence-electron chi connectivity index (χ0n) is 42.2. The third-order valence-electron chi connectivity index (χ3n) is 14.3. The number of H-pyrrole nitrogens is 2. The number of rotatable bonds is 12. The summed E-state index contributed by atoms with van der Waals surface area (Å²) < 4.78 is 112. The number of anilines is 4. The van der Waals surface area contributed by atoms with Crippen molar-refractivity contribution in [3.63, 3.8) is 0 Å². The van der Waals surface area contributed by atoms with E-state index in [4.69, 9.17) is 9.47 Å². The lowest BCUT2D eigenvalue weighted by atomic mass is 9.88. The molecule has 6 heterocycles. The Kier molecular flexibility index (Phi) is 13.7. The Morgan fingerprint density at radius 3 is 1.95 bits per heavy atom. The van der Waals surface area contributed by atoms with Crippen LogP contribution in [0.5, 0.6) is 0 Å². The molecule has 24 heteroatoms. The number of nitrogens with zero attached hydrogens (tertiary/aromatic N) is 6. The third-order valence-corrected chi connectivity index (χ3v) is 15.9. The molecule has 396 valence electrons. The molecule has 1 saturated carbocycles. The fraction of sp³-hybridized carbons (Fsp3) is 0.480. The standard InChI is InChI=1S/C50H59F6N12O5P/c1-47(2)17-15-27(19-61-47)62-43-59-22-33(49(51,52)53)38(65-43)31-20-57-40-29(31)11-13-35(37(40)26-9-10-26)64-45(69)73-25-68-24-28(16-18-48(68,3)4)63-44-60-23-34(50(54,55)56)39(66-44)32-21-58-41-30(32)12-14-36(42(41)74(7,8)71)67(5)46(70)72-6/h11-14,20-23,26-28,57-58,61H,9-10,15-19,24-25H2,1-8H3,(H,64,69)(H,59,62,65)(H,60,63,66)/t27-,28-/m0/s1. The summed E-state index contributed by atoms with van der Waals surface area (Å²) in [5.41, 5.74) is -0.681. The number of amides is 2. The van der Waals surface area contributed by atoms with E-state index in [9.17, 15) is 40.5 Å². The van der Waals surface area contributed by atoms with Gasteiger partial charge in [-0.3, -0.25) is 15.1 Å². The number of likely N-dealkylation sites (tertiary alicyclic amines) is 1. The highest BCUT2D eigenvalue weighted by atomic mass is 31.2. The van der Waals surface area contributed by atoms with Gasteiger partial charge in [-0.25, -0.2) is 29.5 Å². The minimum absolute atomic E-state index is 0.0294. The quantitative estimate of drug-likeness (QED) is 0.0499. The predicted molar refractivity (Wildman–Crippen MR) is 272 cm³/mol. The Balaban J connectivity index is 0.919. The van der Waals surface area contributed by atoms with Crippen LogP contribution < -0.4 is 31.5 Å². The molecular formula is C50H59F6N12O5P. The molecule has 0 spiro atoms. The first-order valence-corrected chi connectivity index (χ1v) is 26.8. The Morgan fingerprint density at radius 2 is 1.39 bits per heavy atom. The van der Waals surface area contributed by atoms with Crippen molar-refractivity contribution in [2.45, 2.75) is 108 Å². The first-order chi connectivity index (χ1) is 34.7. The first kappa shape index (κ1) is 52.4. The summed E-state index contributed by atoms with van der Waals surface area (Å²) in [6.07, 6.45) is -2.26. The van der Waals surface area contributed by atoms with Gasteiger partial charge >= 0.3 is 24.5 Å². The number of nitrogens with one attached hydrogen (secondary N) is 6. The van der Waals surface area contributed by atoms with E-state index in [1.807, 2.05) is 18.7 Å². The van der Waals surface area contributed by atoms with Crippen molar-refractivity contribution < 1.29 is 50.0 Å². The van der Waals surface area contributed by atoms with E-state index in [2.05, 4.69) is 65.0 Å². The van der Waals surface area contributed by atoms with Gasteiger partial charge < -0.3 is 40.0 Å². The van der Waals surface area contributed by atoms with Crippen LogP contribution in [0.3, 0.4) is 0 Å². The zero-order chi connectivity index (χ0) is 53.3. The lowest BCUT2D eigenvalue weighted by molar-refractivity contribution is -0.138. The summed E-state index contributed by atoms with van der Waals surface area (Å²) in [5, 5.41) is 13.8. The Hall–Kier alpha value is -6.45. The SMILES string of the molecule is COC(=O)N(C)c1ccc2c(-c3nc(N[C@H]4CCC(C)(C)N(COC(=O)Nc5ccc6c(-c7nc(N[C@H]8CCC(C)(C)NC8)ncc7C(F)(F)F)c[nH]c6c5C5CC5)C4)ncc3C(F)(F)F)c[nH]c2c1P(C)(C)=O. The highest BCUT2D eigenvalue weighted by molar-refractivity contribution is 7.71. The van der Waals surface area contributed by atoms with E-state index in [-0.39, 0.29) is 76.0 Å². The molecule has 2 aromatic carbocycles. The number of alkyl halides is 6. The molecule has 6 aromatic rings. The average molecular weight is 1050 g/mol. The van der Waals surface area contributed by atoms with Crippen LogP contribution in [0.2, 0.25) is 0 Å². The molecule has 2 atom stereocenters. The lowest BCUT2D eigenvalue weighted by Gasteiger charge is -2.45. The molecule has 2 aliphatic heterocycles. The van der Waals surface area contributed by atoms with Crippen LogP contribution in [0, 0.1) is 0 Å². The number of ether oxygens (including phenoxy) is 2. The number of aromatic amines is 2. The topological polar surface area (TPSA) is 207 Å². The zero-order valence-corrected chi connectivity index (χ0v) is 43.0. The minimum Gasteiger partial charge on any atom is -0.452 e. The van der Waals surface area contributed by atoms with Crippen LogP contribution >= 0.6 is 7.14 Å². The number of hydrogen-bond acceptors (Lipinski definition) is 13. The van der Waals surface area contributed by atoms with Crippen LogP contribution in [0.1, 0.15) is 88.8 Å². The smallest absolute Gasteiger partial charge is 0.419 e. The molecule has 4 aromatic heterocycles. The normalized spacial score (nSPS) is 19.3. The monoisotopic (exact) mass is 1050 g/mol. The van der Waals surface area contributed by atoms with E-state index >= 15 is 0 Å². The second-order valence-electron chi connectivity index (χ2n) is 21.0. The lowest BCUT2D eigenvalue weighted by Crippen LogP contribution is -2.54. The largest absolute Gasteiger partial charge is 0.452 e. The fourth-order valence-electron chi connectivity index (χ4n) is 10.0. The molecule has 2 amide bonds. The van der Waals surface area contributed by atoms with E-state index < -0.39 is 60.1 Å². The van der Waals surface area contributed by atoms with Gasteiger partial charge in [-0.05, 0) is 97.6 Å². The first-order valence-electron chi connectivity index (χ1n) is 24.2. The molecule has 0 bridgehead atoms. The van der Waals surface area contributed by atoms with Gasteiger partial charge in [-0.2, -0.15) is 26.3 Å². The molecule has 3 aliphatic rings. The van der Waals surface area contributed by atoms with Crippen molar-refractivity contribution in [2.75, 3.05) is 68.2 Å². The number of aromatic nitrogens is 6. The number of methoxy groups -OCH3 is 1. The molecule has 1 aliphatic carbocycles. The third kappa shape index (κ3) is 10.7. The van der Waals surface area contributed by atoms with Gasteiger partial charge in [0.25, 0.3) is 0 Å². The van der Waals surface area contributed by atoms with E-state index in [1.54, 1.807) is 12.1 Å². The van der Waals surface area contributed by atoms with Crippen LogP contribution in [0.15, 0.2) is 49.1 Å². The molecule has 3 fully saturated rings. The van der Waals surface area contributed by atoms with Crippen molar-refractivity contribution in [1.82, 2.24) is 40.1 Å². The number of piperidine rings is 2. The van der Waals surface area contributed by atoms with Gasteiger partial charge in [-0.1, -0.05) is 12.1 Å². The van der Waals surface area contributed by atoms with Crippen LogP contribution in [0.25, 0.3) is 44.3 Å². The Morgan fingerprint density at radius 1 is 0.824 bits per heavy atom. The van der Waals surface area contributed by atoms with Crippen LogP contribution in [-0.2, 0) is 26.4 Å². The van der Waals surface area contributed by atoms with Crippen LogP contribution in [0.4, 0.5) is 59.2 Å². The summed E-state index contributed by atoms with van der Waals surface area (Å²) in [7, 11) is -0.530. The summed E-state index contributed by atoms with van der Waals surface area (Å²) in [6.45, 7) is 11.9. The number of carbonyl (C=O) groups is 2. The van der Waals surface area contributed by atoms with Crippen LogP contribution in [-0.4, -0.2) is 117 Å². The van der Waals surface area contributed by atoms with E-state index in [0.29, 0.717) is 47.6 Å². The molecule has 9 rings (SSSR count). The number of carbonyl (C=O) groups excluding carboxylic acids is 2. The van der Waals surface area contributed by atoms with Crippen molar-refractivity contribution in [3.05, 3.63) is 65.7 Å². The van der Waals surface area contributed by atoms with Crippen molar-refractivity contribution >= 4 is 69.7 Å². The van der Waals surface area contributed by atoms with Gasteiger partial charge in [-0.15, -0.1) is 0 Å². The summed E-state index contributed by atoms with van der Waals surface area (Å²) in [6, 6.07) is 5.88. The van der Waals surface area contributed by atoms with E-state index in [1.165, 1.54) is 56.9 Å². The minimum atomic E-state index is -4.85. The maximum atomic E-state index is 14.6. The molecule has 2 saturated heterocycles. The van der Waals surface area contributed by atoms with E-state index in [0.717, 1.165) is 37.4 Å². The van der Waals surface area contributed by atoms with Gasteiger partial charge in [0.05, 0.1) is 40.5 Å². The summed E-state index contributed by atoms with van der Waals surface area (Å²) in [4.78, 5) is 52.4. The highest BCUT2D eigenvalue weighted by Gasteiger charge is 2.40. The molecule has 6 N–H and O–H groups in total. The number of halogens is 6. The molecule has 17 nitrogen and oxygen atoms in total. The molecule has 0 unspecified atom stereocenters. The highest BCUT2D eigenvalue weighted by Crippen LogP contribution is 2.49. The maximum absolute atomic E-state index is 14.6. The van der Waals surface area contributed by atoms with Gasteiger partial charge in [0.1, 0.15) is 25.0 Å². The van der Waals surface area contributed by atoms with Crippen molar-refractivity contribution in [1.29, 1.82) is 0 Å². The van der Waals surface area contributed by atoms with Gasteiger partial charge in [0.2, 0.25) is 11.9 Å². The summed E-state index contributed by atoms with van der Waals surface area (Å²) in [5.74, 6) is 0.0413. The second-order valence-corrected chi connectivity index (χ2v) is 24.2. The second kappa shape index (κ2) is 19.4. The van der Waals surface area contributed by atoms with Crippen molar-refractivity contribution in [2.24, 2.45) is 0 Å². The fourth-order valence-corrected chi connectivity index (χ4v) is 11.5. The van der Waals surface area contributed by atoms with Crippen molar-refractivity contribution in [3.8, 4) is 22.5 Å². The summed E-state index contributed by atoms with van der Waals surface area (Å²) >= 11 is 0. The Bertz CT molecular complexity index is 3170. The van der Waals surface area contributed by atoms with Gasteiger partial charge in [0.15, 0.2) is 0 Å².